The van der Waals surface area contributed by atoms with Gasteiger partial charge in [-0.3, -0.25) is 0 Å². The van der Waals surface area contributed by atoms with E-state index in [0.29, 0.717) is 10.6 Å². The topological polar surface area (TPSA) is 99.3 Å². The highest BCUT2D eigenvalue weighted by molar-refractivity contribution is 7.10. The van der Waals surface area contributed by atoms with Gasteiger partial charge in [0.1, 0.15) is 10.6 Å². The fourth-order valence-electron chi connectivity index (χ4n) is 1.36. The minimum absolute atomic E-state index is 0.0785. The molecule has 0 bridgehead atoms. The number of rotatable bonds is 5. The lowest BCUT2D eigenvalue weighted by Crippen LogP contribution is -2.99. The Hall–Kier alpha value is -1.55. The fraction of sp³-hybridized carbons (Fsp3) is 0.182. The summed E-state index contributed by atoms with van der Waals surface area (Å²) in [7, 11) is 1.38. The zero-order valence-corrected chi connectivity index (χ0v) is 10.8. The summed E-state index contributed by atoms with van der Waals surface area (Å²) in [5.74, 6) is 0.669. The molecule has 2 unspecified atom stereocenters. The average Bonchev–Trinajstić information content (AvgIpc) is 2.86. The molecule has 2 aromatic rings. The third-order valence-corrected chi connectivity index (χ3v) is 3.23. The van der Waals surface area contributed by atoms with Gasteiger partial charge in [-0.25, -0.2) is 10.2 Å². The van der Waals surface area contributed by atoms with Crippen LogP contribution in [0.3, 0.4) is 0 Å². The van der Waals surface area contributed by atoms with Crippen molar-refractivity contribution in [3.05, 3.63) is 39.9 Å². The maximum atomic E-state index is 10.7. The molecule has 2 rings (SSSR count). The van der Waals surface area contributed by atoms with Crippen molar-refractivity contribution in [2.75, 3.05) is 7.11 Å². The highest BCUT2D eigenvalue weighted by Crippen LogP contribution is 2.33. The maximum Gasteiger partial charge on any atom is 0.219 e. The normalized spacial score (nSPS) is 14.1. The molecule has 0 spiro atoms. The van der Waals surface area contributed by atoms with Gasteiger partial charge in [0.25, 0.3) is 0 Å². The van der Waals surface area contributed by atoms with Crippen LogP contribution in [-0.2, 0) is 4.74 Å². The van der Waals surface area contributed by atoms with Crippen LogP contribution in [0.1, 0.15) is 11.2 Å². The zero-order chi connectivity index (χ0) is 13.8. The van der Waals surface area contributed by atoms with Gasteiger partial charge in [-0.15, -0.1) is 11.3 Å². The largest absolute Gasteiger partial charge is 0.595 e. The second-order valence-electron chi connectivity index (χ2n) is 3.53. The first kappa shape index (κ1) is 13.9. The lowest BCUT2D eigenvalue weighted by Gasteiger charge is -2.12. The van der Waals surface area contributed by atoms with Crippen molar-refractivity contribution >= 4 is 17.0 Å². The van der Waals surface area contributed by atoms with Crippen molar-refractivity contribution in [2.45, 2.75) is 6.29 Å². The van der Waals surface area contributed by atoms with Gasteiger partial charge in [0.05, 0.1) is 6.20 Å². The molecule has 0 aromatic carbocycles. The van der Waals surface area contributed by atoms with E-state index in [1.807, 2.05) is 0 Å². The number of hydrogen-bond acceptors (Lipinski definition) is 7. The SMILES string of the molecule is COC(O)c1sccc1Oc1ccc([NH+]([O-])O)cn1. The van der Waals surface area contributed by atoms with Gasteiger partial charge in [0.2, 0.25) is 5.88 Å². The summed E-state index contributed by atoms with van der Waals surface area (Å²) in [5, 5.41) is 29.7. The monoisotopic (exact) mass is 284 g/mol. The molecular formula is C11H12N2O5S. The first-order valence-electron chi connectivity index (χ1n) is 5.27. The van der Waals surface area contributed by atoms with E-state index in [1.54, 1.807) is 11.4 Å². The Morgan fingerprint density at radius 2 is 2.21 bits per heavy atom. The molecule has 0 saturated heterocycles. The highest BCUT2D eigenvalue weighted by atomic mass is 32.1. The van der Waals surface area contributed by atoms with Gasteiger partial charge in [0, 0.05) is 19.2 Å². The predicted octanol–water partition coefficient (Wildman–Crippen LogP) is 0.976. The number of hydrogen-bond donors (Lipinski definition) is 3. The first-order valence-corrected chi connectivity index (χ1v) is 6.15. The number of thiophene rings is 1. The Labute approximate surface area is 112 Å². The van der Waals surface area contributed by atoms with Crippen LogP contribution in [0, 0.1) is 5.21 Å². The van der Waals surface area contributed by atoms with Gasteiger partial charge in [0.15, 0.2) is 12.0 Å². The molecule has 3 N–H and O–H groups in total. The molecule has 0 saturated carbocycles. The Bertz CT molecular complexity index is 528. The molecule has 0 radical (unpaired) electrons. The molecule has 7 nitrogen and oxygen atoms in total. The summed E-state index contributed by atoms with van der Waals surface area (Å²) in [6.07, 6.45) is 0.143. The van der Waals surface area contributed by atoms with Crippen molar-refractivity contribution in [2.24, 2.45) is 0 Å². The molecule has 0 fully saturated rings. The van der Waals surface area contributed by atoms with Gasteiger partial charge < -0.3 is 19.8 Å². The van der Waals surface area contributed by atoms with Crippen molar-refractivity contribution in [1.82, 2.24) is 4.98 Å². The molecule has 2 aromatic heterocycles. The van der Waals surface area contributed by atoms with Crippen molar-refractivity contribution < 1.29 is 25.0 Å². The third kappa shape index (κ3) is 3.26. The number of ether oxygens (including phenoxy) is 2. The number of pyridine rings is 1. The molecule has 0 aliphatic heterocycles. The van der Waals surface area contributed by atoms with Crippen LogP contribution < -0.4 is 9.96 Å². The Kier molecular flexibility index (Phi) is 4.43. The second kappa shape index (κ2) is 6.06. The third-order valence-electron chi connectivity index (χ3n) is 2.30. The van der Waals surface area contributed by atoms with Gasteiger partial charge in [-0.05, 0) is 11.4 Å². The number of aliphatic hydroxyl groups excluding tert-OH is 1. The number of aliphatic hydroxyl groups is 1. The van der Waals surface area contributed by atoms with Crippen LogP contribution in [-0.4, -0.2) is 22.4 Å². The molecular weight excluding hydrogens is 272 g/mol. The van der Waals surface area contributed by atoms with Crippen molar-refractivity contribution in [3.63, 3.8) is 0 Å². The van der Waals surface area contributed by atoms with Crippen LogP contribution in [0.5, 0.6) is 11.6 Å². The first-order chi connectivity index (χ1) is 9.11. The second-order valence-corrected chi connectivity index (χ2v) is 4.48. The maximum absolute atomic E-state index is 10.7. The summed E-state index contributed by atoms with van der Waals surface area (Å²) >= 11 is 1.29. The van der Waals surface area contributed by atoms with Crippen LogP contribution in [0.2, 0.25) is 0 Å². The van der Waals surface area contributed by atoms with Crippen molar-refractivity contribution in [3.8, 4) is 11.6 Å². The molecule has 19 heavy (non-hydrogen) atoms. The van der Waals surface area contributed by atoms with Crippen molar-refractivity contribution in [1.29, 1.82) is 0 Å². The lowest BCUT2D eigenvalue weighted by molar-refractivity contribution is -0.991. The van der Waals surface area contributed by atoms with E-state index in [0.717, 1.165) is 0 Å². The van der Waals surface area contributed by atoms with Crippen LogP contribution in [0.25, 0.3) is 0 Å². The smallest absolute Gasteiger partial charge is 0.219 e. The van der Waals surface area contributed by atoms with E-state index in [-0.39, 0.29) is 11.6 Å². The lowest BCUT2D eigenvalue weighted by atomic mass is 10.4. The molecule has 2 atom stereocenters. The van der Waals surface area contributed by atoms with Crippen LogP contribution in [0.15, 0.2) is 29.8 Å². The number of methoxy groups -OCH3 is 1. The number of aromatic nitrogens is 1. The molecule has 0 amide bonds. The zero-order valence-electron chi connectivity index (χ0n) is 9.94. The number of quaternary nitrogens is 1. The summed E-state index contributed by atoms with van der Waals surface area (Å²) in [6.45, 7) is 0. The Morgan fingerprint density at radius 1 is 1.42 bits per heavy atom. The minimum Gasteiger partial charge on any atom is -0.595 e. The average molecular weight is 284 g/mol. The van der Waals surface area contributed by atoms with E-state index >= 15 is 0 Å². The Balaban J connectivity index is 2.15. The van der Waals surface area contributed by atoms with Gasteiger partial charge >= 0.3 is 0 Å². The van der Waals surface area contributed by atoms with E-state index in [4.69, 9.17) is 14.7 Å². The fourth-order valence-corrected chi connectivity index (χ4v) is 2.14. The van der Waals surface area contributed by atoms with E-state index in [9.17, 15) is 10.3 Å². The highest BCUT2D eigenvalue weighted by Gasteiger charge is 2.15. The van der Waals surface area contributed by atoms with E-state index in [1.165, 1.54) is 36.8 Å². The molecule has 102 valence electrons. The standard InChI is InChI=1S/C11H12N2O5S/c1-17-11(14)10-8(4-5-19-10)18-9-3-2-7(6-12-9)13(15)16/h2-6,11,13-15H,1H3. The number of nitrogens with zero attached hydrogens (tertiary/aromatic N) is 1. The molecule has 2 heterocycles. The van der Waals surface area contributed by atoms with Crippen LogP contribution >= 0.6 is 11.3 Å². The van der Waals surface area contributed by atoms with Crippen LogP contribution in [0.4, 0.5) is 5.69 Å². The summed E-state index contributed by atoms with van der Waals surface area (Å²) < 4.78 is 10.3. The predicted molar refractivity (Wildman–Crippen MR) is 66.4 cm³/mol. The van der Waals surface area contributed by atoms with E-state index < -0.39 is 11.5 Å². The quantitative estimate of drug-likeness (QED) is 0.559. The molecule has 0 aliphatic rings. The molecule has 0 aliphatic carbocycles. The summed E-state index contributed by atoms with van der Waals surface area (Å²) in [5.41, 5.74) is 0.0785. The van der Waals surface area contributed by atoms with Gasteiger partial charge in [-0.1, -0.05) is 0 Å². The molecule has 8 heteroatoms. The summed E-state index contributed by atoms with van der Waals surface area (Å²) in [6, 6.07) is 4.52. The van der Waals surface area contributed by atoms with E-state index in [2.05, 4.69) is 4.98 Å². The minimum atomic E-state index is -1.06. The Morgan fingerprint density at radius 3 is 2.79 bits per heavy atom. The summed E-state index contributed by atoms with van der Waals surface area (Å²) in [4.78, 5) is 4.40. The van der Waals surface area contributed by atoms with Gasteiger partial charge in [-0.2, -0.15) is 5.23 Å². The number of nitrogens with one attached hydrogen (secondary N) is 1.